The van der Waals surface area contributed by atoms with Gasteiger partial charge >= 0.3 is 5.97 Å². The van der Waals surface area contributed by atoms with Crippen LogP contribution in [0.2, 0.25) is 0 Å². The first kappa shape index (κ1) is 15.9. The molecule has 0 bridgehead atoms. The zero-order chi connectivity index (χ0) is 17.3. The number of carbonyl (C=O) groups excluding carboxylic acids is 1. The minimum atomic E-state index is -0.409. The fraction of sp³-hybridized carbons (Fsp3) is 0.400. The lowest BCUT2D eigenvalue weighted by Crippen LogP contribution is -2.22. The molecule has 3 heterocycles. The molecule has 0 spiro atoms. The highest BCUT2D eigenvalue weighted by Crippen LogP contribution is 2.13. The summed E-state index contributed by atoms with van der Waals surface area (Å²) in [6.07, 6.45) is 2.95. The molecule has 0 saturated heterocycles. The highest BCUT2D eigenvalue weighted by atomic mass is 16.5. The number of nitrogens with zero attached hydrogens (tertiary/aromatic N) is 5. The Morgan fingerprint density at radius 3 is 2.88 bits per heavy atom. The van der Waals surface area contributed by atoms with E-state index in [9.17, 15) is 9.59 Å². The molecule has 0 amide bonds. The number of ether oxygens (including phenoxy) is 1. The Balaban J connectivity index is 1.62. The summed E-state index contributed by atoms with van der Waals surface area (Å²) >= 11 is 0. The fourth-order valence-corrected chi connectivity index (χ4v) is 2.37. The summed E-state index contributed by atoms with van der Waals surface area (Å²) < 4.78 is 13.1. The maximum Gasteiger partial charge on any atom is 0.307 e. The standard InChI is InChI=1S/C15H17N5O4/c1-9-12(10(2)24-18-9)7-23-13(21)4-5-20-8-16-14-11(15(20)22)6-17-19(14)3/h6,8H,4-5,7H2,1-3H3. The van der Waals surface area contributed by atoms with Crippen LogP contribution in [0.25, 0.3) is 11.0 Å². The smallest absolute Gasteiger partial charge is 0.307 e. The minimum absolute atomic E-state index is 0.0662. The quantitative estimate of drug-likeness (QED) is 0.639. The second-order valence-corrected chi connectivity index (χ2v) is 5.46. The molecule has 3 aromatic rings. The molecule has 0 aliphatic rings. The highest BCUT2D eigenvalue weighted by molar-refractivity contribution is 5.73. The van der Waals surface area contributed by atoms with E-state index in [0.29, 0.717) is 22.5 Å². The minimum Gasteiger partial charge on any atom is -0.461 e. The molecule has 9 nitrogen and oxygen atoms in total. The van der Waals surface area contributed by atoms with Gasteiger partial charge in [0.2, 0.25) is 0 Å². The summed E-state index contributed by atoms with van der Waals surface area (Å²) in [5.74, 6) is 0.218. The first-order valence-electron chi connectivity index (χ1n) is 7.42. The van der Waals surface area contributed by atoms with E-state index in [1.54, 1.807) is 20.9 Å². The Labute approximate surface area is 136 Å². The predicted molar refractivity (Wildman–Crippen MR) is 83.2 cm³/mol. The molecule has 3 rings (SSSR count). The Bertz CT molecular complexity index is 933. The van der Waals surface area contributed by atoms with Crippen molar-refractivity contribution in [3.05, 3.63) is 39.9 Å². The van der Waals surface area contributed by atoms with Gasteiger partial charge in [-0.05, 0) is 13.8 Å². The molecular weight excluding hydrogens is 314 g/mol. The molecule has 0 aliphatic heterocycles. The first-order valence-corrected chi connectivity index (χ1v) is 7.42. The van der Waals surface area contributed by atoms with Crippen molar-refractivity contribution >= 4 is 17.0 Å². The van der Waals surface area contributed by atoms with Crippen LogP contribution >= 0.6 is 0 Å². The van der Waals surface area contributed by atoms with E-state index >= 15 is 0 Å². The number of fused-ring (bicyclic) bond motifs is 1. The molecule has 0 aliphatic carbocycles. The average molecular weight is 331 g/mol. The van der Waals surface area contributed by atoms with Gasteiger partial charge in [-0.15, -0.1) is 0 Å². The number of aromatic nitrogens is 5. The van der Waals surface area contributed by atoms with E-state index in [2.05, 4.69) is 15.2 Å². The molecule has 0 aromatic carbocycles. The Morgan fingerprint density at radius 2 is 2.17 bits per heavy atom. The van der Waals surface area contributed by atoms with Crippen LogP contribution in [0.15, 0.2) is 21.8 Å². The van der Waals surface area contributed by atoms with Crippen LogP contribution in [0.3, 0.4) is 0 Å². The number of hydrogen-bond acceptors (Lipinski definition) is 7. The molecule has 0 radical (unpaired) electrons. The average Bonchev–Trinajstić information content (AvgIpc) is 3.09. The van der Waals surface area contributed by atoms with Crippen LogP contribution in [0.5, 0.6) is 0 Å². The van der Waals surface area contributed by atoms with Crippen LogP contribution in [-0.4, -0.2) is 30.5 Å². The Morgan fingerprint density at radius 1 is 1.38 bits per heavy atom. The van der Waals surface area contributed by atoms with Crippen LogP contribution in [0.4, 0.5) is 0 Å². The van der Waals surface area contributed by atoms with Gasteiger partial charge in [-0.1, -0.05) is 5.16 Å². The van der Waals surface area contributed by atoms with E-state index in [0.717, 1.165) is 5.56 Å². The molecule has 126 valence electrons. The van der Waals surface area contributed by atoms with Crippen molar-refractivity contribution in [2.45, 2.75) is 33.4 Å². The maximum absolute atomic E-state index is 12.3. The Hall–Kier alpha value is -2.97. The van der Waals surface area contributed by atoms with E-state index in [1.807, 2.05) is 0 Å². The van der Waals surface area contributed by atoms with Crippen molar-refractivity contribution in [1.82, 2.24) is 24.5 Å². The van der Waals surface area contributed by atoms with Gasteiger partial charge in [0.15, 0.2) is 5.65 Å². The second-order valence-electron chi connectivity index (χ2n) is 5.46. The second kappa shape index (κ2) is 6.26. The molecule has 0 N–H and O–H groups in total. The van der Waals surface area contributed by atoms with E-state index in [1.165, 1.54) is 21.8 Å². The lowest BCUT2D eigenvalue weighted by Gasteiger charge is -2.06. The summed E-state index contributed by atoms with van der Waals surface area (Å²) in [6.45, 7) is 3.84. The van der Waals surface area contributed by atoms with E-state index in [4.69, 9.17) is 9.26 Å². The van der Waals surface area contributed by atoms with Crippen molar-refractivity contribution in [2.75, 3.05) is 0 Å². The van der Waals surface area contributed by atoms with Crippen molar-refractivity contribution < 1.29 is 14.1 Å². The van der Waals surface area contributed by atoms with Gasteiger partial charge in [0, 0.05) is 13.6 Å². The van der Waals surface area contributed by atoms with Crippen molar-refractivity contribution in [1.29, 1.82) is 0 Å². The lowest BCUT2D eigenvalue weighted by molar-refractivity contribution is -0.145. The summed E-state index contributed by atoms with van der Waals surface area (Å²) in [4.78, 5) is 28.4. The van der Waals surface area contributed by atoms with Crippen LogP contribution in [0, 0.1) is 13.8 Å². The van der Waals surface area contributed by atoms with Gasteiger partial charge < -0.3 is 9.26 Å². The summed E-state index contributed by atoms with van der Waals surface area (Å²) in [6, 6.07) is 0. The van der Waals surface area contributed by atoms with Crippen molar-refractivity contribution in [2.24, 2.45) is 7.05 Å². The molecular formula is C15H17N5O4. The van der Waals surface area contributed by atoms with Gasteiger partial charge in [0.25, 0.3) is 5.56 Å². The molecule has 0 unspecified atom stereocenters. The molecule has 0 atom stereocenters. The van der Waals surface area contributed by atoms with Gasteiger partial charge in [-0.3, -0.25) is 18.8 Å². The maximum atomic E-state index is 12.3. The number of hydrogen-bond donors (Lipinski definition) is 0. The summed E-state index contributed by atoms with van der Waals surface area (Å²) in [5.41, 5.74) is 1.74. The molecule has 3 aromatic heterocycles. The normalized spacial score (nSPS) is 11.1. The van der Waals surface area contributed by atoms with Crippen molar-refractivity contribution in [3.63, 3.8) is 0 Å². The topological polar surface area (TPSA) is 105 Å². The lowest BCUT2D eigenvalue weighted by atomic mass is 10.2. The largest absolute Gasteiger partial charge is 0.461 e. The van der Waals surface area contributed by atoms with Crippen LogP contribution in [0.1, 0.15) is 23.4 Å². The third-order valence-corrected chi connectivity index (χ3v) is 3.83. The zero-order valence-corrected chi connectivity index (χ0v) is 13.6. The zero-order valence-electron chi connectivity index (χ0n) is 13.6. The number of esters is 1. The summed E-state index contributed by atoms with van der Waals surface area (Å²) in [7, 11) is 1.71. The first-order chi connectivity index (χ1) is 11.5. The third-order valence-electron chi connectivity index (χ3n) is 3.83. The third kappa shape index (κ3) is 2.92. The van der Waals surface area contributed by atoms with Crippen molar-refractivity contribution in [3.8, 4) is 0 Å². The predicted octanol–water partition coefficient (Wildman–Crippen LogP) is 0.868. The van der Waals surface area contributed by atoms with Crippen LogP contribution in [-0.2, 0) is 29.7 Å². The highest BCUT2D eigenvalue weighted by Gasteiger charge is 2.13. The Kier molecular flexibility index (Phi) is 4.15. The van der Waals surface area contributed by atoms with E-state index in [-0.39, 0.29) is 25.1 Å². The molecule has 24 heavy (non-hydrogen) atoms. The summed E-state index contributed by atoms with van der Waals surface area (Å²) in [5, 5.41) is 8.22. The number of carbonyl (C=O) groups is 1. The van der Waals surface area contributed by atoms with Gasteiger partial charge in [-0.25, -0.2) is 4.98 Å². The van der Waals surface area contributed by atoms with Gasteiger partial charge in [0.1, 0.15) is 17.8 Å². The molecule has 0 saturated carbocycles. The SMILES string of the molecule is Cc1noc(C)c1COC(=O)CCn1cnc2c(cnn2C)c1=O. The molecule has 0 fully saturated rings. The van der Waals surface area contributed by atoms with Gasteiger partial charge in [0.05, 0.1) is 30.2 Å². The van der Waals surface area contributed by atoms with Gasteiger partial charge in [-0.2, -0.15) is 5.10 Å². The van der Waals surface area contributed by atoms with E-state index < -0.39 is 5.97 Å². The molecule has 9 heteroatoms. The van der Waals surface area contributed by atoms with Crippen LogP contribution < -0.4 is 5.56 Å². The fourth-order valence-electron chi connectivity index (χ4n) is 2.37. The number of aryl methyl sites for hydroxylation is 4. The number of rotatable bonds is 5. The monoisotopic (exact) mass is 331 g/mol.